The van der Waals surface area contributed by atoms with Crippen molar-refractivity contribution in [2.45, 2.75) is 93.6 Å². The quantitative estimate of drug-likeness (QED) is 0.462. The molecule has 0 aromatic carbocycles. The number of likely N-dealkylation sites (N-methyl/N-ethyl adjacent to an activating group) is 1. The van der Waals surface area contributed by atoms with Crippen molar-refractivity contribution in [3.05, 3.63) is 11.6 Å². The van der Waals surface area contributed by atoms with E-state index in [-0.39, 0.29) is 11.9 Å². The van der Waals surface area contributed by atoms with Crippen molar-refractivity contribution in [1.29, 1.82) is 0 Å². The monoisotopic (exact) mass is 462 g/mol. The number of halogens is 1. The molecule has 1 amide bonds. The topological polar surface area (TPSA) is 80.3 Å². The molecule has 0 aliphatic carbocycles. The summed E-state index contributed by atoms with van der Waals surface area (Å²) in [7, 11) is 1.96. The van der Waals surface area contributed by atoms with Crippen LogP contribution in [0.4, 0.5) is 0 Å². The Kier molecular flexibility index (Phi) is 7.81. The summed E-state index contributed by atoms with van der Waals surface area (Å²) >= 11 is 7.95. The minimum atomic E-state index is -0.846. The number of aliphatic hydroxyl groups excluding tert-OH is 1. The molecule has 0 aromatic rings. The van der Waals surface area contributed by atoms with E-state index in [1.807, 2.05) is 34.1 Å². The van der Waals surface area contributed by atoms with Crippen LogP contribution < -0.4 is 5.32 Å². The van der Waals surface area contributed by atoms with E-state index < -0.39 is 47.1 Å². The zero-order valence-corrected chi connectivity index (χ0v) is 20.2. The Bertz CT molecular complexity index is 661. The van der Waals surface area contributed by atoms with Crippen molar-refractivity contribution in [2.75, 3.05) is 19.8 Å². The maximum atomic E-state index is 13.2. The number of carbonyl (C=O) groups is 1. The third-order valence-corrected chi connectivity index (χ3v) is 7.15. The van der Waals surface area contributed by atoms with Crippen molar-refractivity contribution in [3.8, 4) is 0 Å². The van der Waals surface area contributed by atoms with Crippen LogP contribution in [0.3, 0.4) is 0 Å². The number of alkyl halides is 1. The lowest BCUT2D eigenvalue weighted by molar-refractivity contribution is -0.168. The number of nitrogens with zero attached hydrogens (tertiary/aromatic N) is 1. The molecular formula is C21H35ClN2O5S. The van der Waals surface area contributed by atoms with Crippen molar-refractivity contribution in [1.82, 2.24) is 10.2 Å². The van der Waals surface area contributed by atoms with E-state index in [0.29, 0.717) is 0 Å². The number of nitrogens with one attached hydrogen (secondary N) is 1. The number of rotatable bonds is 6. The van der Waals surface area contributed by atoms with Gasteiger partial charge in [0, 0.05) is 6.54 Å². The van der Waals surface area contributed by atoms with Gasteiger partial charge >= 0.3 is 0 Å². The molecule has 0 bridgehead atoms. The highest BCUT2D eigenvalue weighted by molar-refractivity contribution is 7.99. The number of ether oxygens (including phenoxy) is 3. The lowest BCUT2D eigenvalue weighted by Crippen LogP contribution is -2.64. The second-order valence-corrected chi connectivity index (χ2v) is 10.5. The van der Waals surface area contributed by atoms with E-state index in [4.69, 9.17) is 25.8 Å². The number of thioether (sulfide) groups is 1. The first kappa shape index (κ1) is 24.3. The molecule has 3 aliphatic rings. The van der Waals surface area contributed by atoms with Gasteiger partial charge < -0.3 is 24.6 Å². The fourth-order valence-electron chi connectivity index (χ4n) is 4.63. The van der Waals surface area contributed by atoms with Crippen LogP contribution in [-0.2, 0) is 19.0 Å². The normalized spacial score (nSPS) is 39.7. The molecule has 8 atom stereocenters. The first-order valence-electron chi connectivity index (χ1n) is 10.6. The van der Waals surface area contributed by atoms with Gasteiger partial charge in [-0.1, -0.05) is 18.6 Å². The lowest BCUT2D eigenvalue weighted by Gasteiger charge is -2.43. The summed E-state index contributed by atoms with van der Waals surface area (Å²) in [5.41, 5.74) is 0.793. The number of allylic oxidation sites excluding steroid dienone is 1. The predicted octanol–water partition coefficient (Wildman–Crippen LogP) is 2.11. The molecule has 3 heterocycles. The second-order valence-electron chi connectivity index (χ2n) is 8.88. The maximum absolute atomic E-state index is 13.2. The van der Waals surface area contributed by atoms with Crippen LogP contribution in [0.1, 0.15) is 40.5 Å². The molecule has 0 radical (unpaired) electrons. The molecule has 2 N–H and O–H groups in total. The third kappa shape index (κ3) is 5.00. The molecular weight excluding hydrogens is 428 g/mol. The SMILES string of the molecule is CC/C=C1/C[C@@H](C(=O)N[C@@H]([C@H]2O[C@H](SC)[C@H](O)[C@H]3OC(C)(C)O[C@H]32)[C@H](C)Cl)N(C)C1. The van der Waals surface area contributed by atoms with Crippen LogP contribution in [0.15, 0.2) is 11.6 Å². The van der Waals surface area contributed by atoms with Gasteiger partial charge in [-0.05, 0) is 46.9 Å². The molecule has 0 unspecified atom stereocenters. The van der Waals surface area contributed by atoms with Crippen LogP contribution in [0, 0.1) is 0 Å². The fourth-order valence-corrected chi connectivity index (χ4v) is 5.51. The van der Waals surface area contributed by atoms with Gasteiger partial charge in [-0.15, -0.1) is 23.4 Å². The average molecular weight is 463 g/mol. The van der Waals surface area contributed by atoms with Crippen molar-refractivity contribution in [3.63, 3.8) is 0 Å². The lowest BCUT2D eigenvalue weighted by atomic mass is 9.93. The summed E-state index contributed by atoms with van der Waals surface area (Å²) < 4.78 is 18.3. The zero-order valence-electron chi connectivity index (χ0n) is 18.6. The second kappa shape index (κ2) is 9.65. The molecule has 0 saturated carbocycles. The molecule has 3 rings (SSSR count). The van der Waals surface area contributed by atoms with E-state index in [9.17, 15) is 9.90 Å². The van der Waals surface area contributed by atoms with Crippen LogP contribution in [0.5, 0.6) is 0 Å². The van der Waals surface area contributed by atoms with Gasteiger partial charge in [0.15, 0.2) is 5.79 Å². The predicted molar refractivity (Wildman–Crippen MR) is 119 cm³/mol. The number of aliphatic hydroxyl groups is 1. The van der Waals surface area contributed by atoms with E-state index >= 15 is 0 Å². The Morgan fingerprint density at radius 1 is 1.43 bits per heavy atom. The number of fused-ring (bicyclic) bond motifs is 1. The van der Waals surface area contributed by atoms with E-state index in [0.717, 1.165) is 19.4 Å². The van der Waals surface area contributed by atoms with Crippen LogP contribution >= 0.6 is 23.4 Å². The van der Waals surface area contributed by atoms with E-state index in [1.165, 1.54) is 17.3 Å². The molecule has 7 nitrogen and oxygen atoms in total. The minimum Gasteiger partial charge on any atom is -0.387 e. The van der Waals surface area contributed by atoms with Gasteiger partial charge in [0.25, 0.3) is 0 Å². The average Bonchev–Trinajstić information content (AvgIpc) is 3.19. The largest absolute Gasteiger partial charge is 0.387 e. The zero-order chi connectivity index (χ0) is 22.2. The van der Waals surface area contributed by atoms with E-state index in [2.05, 4.69) is 23.2 Å². The highest BCUT2D eigenvalue weighted by atomic mass is 35.5. The van der Waals surface area contributed by atoms with Crippen molar-refractivity contribution >= 4 is 29.3 Å². The van der Waals surface area contributed by atoms with Gasteiger partial charge in [0.05, 0.1) is 17.5 Å². The Morgan fingerprint density at radius 2 is 2.10 bits per heavy atom. The highest BCUT2D eigenvalue weighted by Gasteiger charge is 2.57. The summed E-state index contributed by atoms with van der Waals surface area (Å²) in [6, 6.07) is -0.724. The van der Waals surface area contributed by atoms with Crippen LogP contribution in [0.25, 0.3) is 0 Å². The number of hydrogen-bond acceptors (Lipinski definition) is 7. The summed E-state index contributed by atoms with van der Waals surface area (Å²) in [4.78, 5) is 15.2. The van der Waals surface area contributed by atoms with Gasteiger partial charge in [-0.3, -0.25) is 9.69 Å². The van der Waals surface area contributed by atoms with Gasteiger partial charge in [0.2, 0.25) is 5.91 Å². The smallest absolute Gasteiger partial charge is 0.238 e. The van der Waals surface area contributed by atoms with Crippen molar-refractivity contribution < 1.29 is 24.1 Å². The molecule has 0 spiro atoms. The number of hydrogen-bond donors (Lipinski definition) is 2. The summed E-state index contributed by atoms with van der Waals surface area (Å²) in [6.07, 6.45) is 3.31. The Hall–Kier alpha value is -0.350. The molecule has 3 aliphatic heterocycles. The number of carbonyl (C=O) groups excluding carboxylic acids is 1. The Morgan fingerprint density at radius 3 is 2.70 bits per heavy atom. The molecule has 172 valence electrons. The van der Waals surface area contributed by atoms with Crippen LogP contribution in [0.2, 0.25) is 0 Å². The molecule has 3 fully saturated rings. The number of likely N-dealkylation sites (tertiary alicyclic amines) is 1. The molecule has 30 heavy (non-hydrogen) atoms. The third-order valence-electron chi connectivity index (χ3n) is 6.02. The number of amides is 1. The highest BCUT2D eigenvalue weighted by Crippen LogP contribution is 2.41. The first-order valence-corrected chi connectivity index (χ1v) is 12.3. The molecule has 0 aromatic heterocycles. The van der Waals surface area contributed by atoms with Crippen molar-refractivity contribution in [2.24, 2.45) is 0 Å². The maximum Gasteiger partial charge on any atom is 0.238 e. The fraction of sp³-hybridized carbons (Fsp3) is 0.857. The van der Waals surface area contributed by atoms with Gasteiger partial charge in [-0.25, -0.2) is 0 Å². The molecule has 3 saturated heterocycles. The Balaban J connectivity index is 1.79. The Labute approximate surface area is 188 Å². The summed E-state index contributed by atoms with van der Waals surface area (Å²) in [5.74, 6) is -0.916. The van der Waals surface area contributed by atoms with Gasteiger partial charge in [-0.2, -0.15) is 0 Å². The first-order chi connectivity index (χ1) is 14.1. The standard InChI is InChI=1S/C21H35ClN2O5S/c1-7-8-12-9-13(24(5)10-12)19(26)23-14(11(2)22)16-18-17(28-21(3,4)29-18)15(25)20(27-16)30-6/h8,11,13-18,20,25H,7,9-10H2,1-6H3,(H,23,26)/b12-8-/t11-,13-,14+,15+,16+,17+,18-,20+/m0/s1. The molecule has 9 heteroatoms. The summed E-state index contributed by atoms with van der Waals surface area (Å²) in [6.45, 7) is 8.37. The van der Waals surface area contributed by atoms with E-state index in [1.54, 1.807) is 0 Å². The summed E-state index contributed by atoms with van der Waals surface area (Å²) in [5, 5.41) is 13.4. The minimum absolute atomic E-state index is 0.0698. The van der Waals surface area contributed by atoms with Crippen LogP contribution in [-0.4, -0.2) is 88.9 Å². The van der Waals surface area contributed by atoms with Gasteiger partial charge in [0.1, 0.15) is 29.9 Å².